The molecule has 2 rings (SSSR count). The molecule has 0 saturated carbocycles. The Hall–Kier alpha value is -1.67. The van der Waals surface area contributed by atoms with Crippen LogP contribution in [0.4, 0.5) is 11.8 Å². The third-order valence-corrected chi connectivity index (χ3v) is 3.24. The molecular weight excluding hydrogens is 298 g/mol. The molecule has 0 aromatic carbocycles. The van der Waals surface area contributed by atoms with Crippen LogP contribution in [0.1, 0.15) is 11.3 Å². The fourth-order valence-electron chi connectivity index (χ4n) is 1.46. The summed E-state index contributed by atoms with van der Waals surface area (Å²) in [6.45, 7) is 2.66. The van der Waals surface area contributed by atoms with Gasteiger partial charge in [-0.2, -0.15) is 10.1 Å². The number of nitrogens with two attached hydrogens (primary N) is 1. The van der Waals surface area contributed by atoms with Crippen LogP contribution < -0.4 is 16.6 Å². The standard InChI is InChI=1S/C10H14BrN7/c1-6-7(4-15-18(6)2)3-13-9-8(11)5-14-10(16-9)17-12/h4-5H,3,12H2,1-2H3,(H2,13,14,16,17). The van der Waals surface area contributed by atoms with Gasteiger partial charge in [0.1, 0.15) is 5.82 Å². The number of nitrogens with zero attached hydrogens (tertiary/aromatic N) is 4. The number of aromatic nitrogens is 4. The van der Waals surface area contributed by atoms with Crippen molar-refractivity contribution in [3.63, 3.8) is 0 Å². The molecule has 0 amide bonds. The number of hydrogen-bond acceptors (Lipinski definition) is 6. The maximum absolute atomic E-state index is 5.27. The smallest absolute Gasteiger partial charge is 0.239 e. The minimum atomic E-state index is 0.364. The van der Waals surface area contributed by atoms with E-state index in [0.717, 1.165) is 15.7 Å². The van der Waals surface area contributed by atoms with Gasteiger partial charge in [-0.15, -0.1) is 0 Å². The number of hydrogen-bond donors (Lipinski definition) is 3. The van der Waals surface area contributed by atoms with E-state index in [1.807, 2.05) is 24.9 Å². The molecule has 0 radical (unpaired) electrons. The summed E-state index contributed by atoms with van der Waals surface area (Å²) in [6, 6.07) is 0. The van der Waals surface area contributed by atoms with Crippen LogP contribution in [0.5, 0.6) is 0 Å². The fourth-order valence-corrected chi connectivity index (χ4v) is 1.79. The quantitative estimate of drug-likeness (QED) is 0.580. The van der Waals surface area contributed by atoms with Crippen LogP contribution in [0.3, 0.4) is 0 Å². The molecule has 0 fully saturated rings. The van der Waals surface area contributed by atoms with Crippen molar-refractivity contribution in [2.24, 2.45) is 12.9 Å². The Morgan fingerprint density at radius 2 is 2.22 bits per heavy atom. The van der Waals surface area contributed by atoms with E-state index in [-0.39, 0.29) is 0 Å². The van der Waals surface area contributed by atoms with Gasteiger partial charge in [-0.25, -0.2) is 10.8 Å². The number of aryl methyl sites for hydroxylation is 1. The van der Waals surface area contributed by atoms with E-state index in [9.17, 15) is 0 Å². The molecule has 0 atom stereocenters. The van der Waals surface area contributed by atoms with Gasteiger partial charge >= 0.3 is 0 Å². The number of rotatable bonds is 4. The molecule has 4 N–H and O–H groups in total. The molecule has 96 valence electrons. The lowest BCUT2D eigenvalue weighted by atomic mass is 10.2. The second kappa shape index (κ2) is 5.32. The van der Waals surface area contributed by atoms with Crippen molar-refractivity contribution in [2.75, 3.05) is 10.7 Å². The van der Waals surface area contributed by atoms with E-state index < -0.39 is 0 Å². The van der Waals surface area contributed by atoms with Crippen LogP contribution in [0.25, 0.3) is 0 Å². The average Bonchev–Trinajstić information content (AvgIpc) is 2.69. The molecule has 18 heavy (non-hydrogen) atoms. The van der Waals surface area contributed by atoms with E-state index in [4.69, 9.17) is 5.84 Å². The lowest BCUT2D eigenvalue weighted by Crippen LogP contribution is -2.12. The highest BCUT2D eigenvalue weighted by Gasteiger charge is 2.07. The molecule has 0 bridgehead atoms. The first-order valence-corrected chi connectivity index (χ1v) is 6.11. The average molecular weight is 312 g/mol. The topological polar surface area (TPSA) is 93.7 Å². The summed E-state index contributed by atoms with van der Waals surface area (Å²) < 4.78 is 2.61. The van der Waals surface area contributed by atoms with Gasteiger partial charge in [0.05, 0.1) is 10.7 Å². The third-order valence-electron chi connectivity index (χ3n) is 2.66. The normalized spacial score (nSPS) is 10.4. The summed E-state index contributed by atoms with van der Waals surface area (Å²) >= 11 is 3.38. The van der Waals surface area contributed by atoms with Crippen LogP contribution >= 0.6 is 15.9 Å². The Kier molecular flexibility index (Phi) is 3.78. The number of anilines is 2. The van der Waals surface area contributed by atoms with Gasteiger partial charge in [-0.05, 0) is 22.9 Å². The van der Waals surface area contributed by atoms with Crippen LogP contribution in [0, 0.1) is 6.92 Å². The van der Waals surface area contributed by atoms with E-state index in [2.05, 4.69) is 41.7 Å². The molecule has 0 saturated heterocycles. The zero-order chi connectivity index (χ0) is 13.1. The van der Waals surface area contributed by atoms with Crippen LogP contribution in [0.15, 0.2) is 16.9 Å². The van der Waals surface area contributed by atoms with Crippen LogP contribution in [0.2, 0.25) is 0 Å². The lowest BCUT2D eigenvalue weighted by Gasteiger charge is -2.08. The predicted octanol–water partition coefficient (Wildman–Crippen LogP) is 1.18. The Bertz CT molecular complexity index is 551. The molecule has 0 aliphatic heterocycles. The lowest BCUT2D eigenvalue weighted by molar-refractivity contribution is 0.738. The second-order valence-electron chi connectivity index (χ2n) is 3.77. The largest absolute Gasteiger partial charge is 0.365 e. The first-order chi connectivity index (χ1) is 8.61. The molecule has 2 heterocycles. The summed E-state index contributed by atoms with van der Waals surface area (Å²) in [6.07, 6.45) is 3.47. The van der Waals surface area contributed by atoms with Crippen LogP contribution in [-0.2, 0) is 13.6 Å². The Balaban J connectivity index is 2.12. The molecule has 8 heteroatoms. The van der Waals surface area contributed by atoms with Gasteiger partial charge in [0.2, 0.25) is 5.95 Å². The molecular formula is C10H14BrN7. The molecule has 0 spiro atoms. The number of hydrazine groups is 1. The highest BCUT2D eigenvalue weighted by Crippen LogP contribution is 2.20. The SMILES string of the molecule is Cc1c(CNc2nc(NN)ncc2Br)cnn1C. The van der Waals surface area contributed by atoms with E-state index >= 15 is 0 Å². The molecule has 0 aliphatic rings. The van der Waals surface area contributed by atoms with Gasteiger partial charge in [0, 0.05) is 31.0 Å². The van der Waals surface area contributed by atoms with Crippen molar-refractivity contribution in [3.8, 4) is 0 Å². The third kappa shape index (κ3) is 2.59. The van der Waals surface area contributed by atoms with Crippen molar-refractivity contribution in [3.05, 3.63) is 28.1 Å². The molecule has 0 aliphatic carbocycles. The second-order valence-corrected chi connectivity index (χ2v) is 4.62. The Morgan fingerprint density at radius 1 is 1.44 bits per heavy atom. The van der Waals surface area contributed by atoms with E-state index in [0.29, 0.717) is 18.3 Å². The molecule has 7 nitrogen and oxygen atoms in total. The highest BCUT2D eigenvalue weighted by atomic mass is 79.9. The van der Waals surface area contributed by atoms with Crippen molar-refractivity contribution in [1.29, 1.82) is 0 Å². The molecule has 0 unspecified atom stereocenters. The zero-order valence-electron chi connectivity index (χ0n) is 10.1. The van der Waals surface area contributed by atoms with Crippen molar-refractivity contribution >= 4 is 27.7 Å². The number of halogens is 1. The monoisotopic (exact) mass is 311 g/mol. The van der Waals surface area contributed by atoms with Crippen molar-refractivity contribution in [1.82, 2.24) is 19.7 Å². The summed E-state index contributed by atoms with van der Waals surface area (Å²) in [4.78, 5) is 8.19. The summed E-state index contributed by atoms with van der Waals surface area (Å²) in [5.74, 6) is 6.32. The predicted molar refractivity (Wildman–Crippen MR) is 72.8 cm³/mol. The summed E-state index contributed by atoms with van der Waals surface area (Å²) in [5, 5.41) is 7.40. The Morgan fingerprint density at radius 3 is 2.83 bits per heavy atom. The van der Waals surface area contributed by atoms with Gasteiger partial charge in [-0.3, -0.25) is 10.1 Å². The Labute approximate surface area is 113 Å². The zero-order valence-corrected chi connectivity index (χ0v) is 11.7. The first-order valence-electron chi connectivity index (χ1n) is 5.32. The van der Waals surface area contributed by atoms with Crippen LogP contribution in [-0.4, -0.2) is 19.7 Å². The van der Waals surface area contributed by atoms with E-state index in [1.54, 1.807) is 6.20 Å². The van der Waals surface area contributed by atoms with E-state index in [1.165, 1.54) is 0 Å². The number of nitrogens with one attached hydrogen (secondary N) is 2. The summed E-state index contributed by atoms with van der Waals surface area (Å²) in [7, 11) is 1.91. The minimum absolute atomic E-state index is 0.364. The minimum Gasteiger partial charge on any atom is -0.365 e. The number of nitrogen functional groups attached to an aromatic ring is 1. The van der Waals surface area contributed by atoms with Crippen molar-refractivity contribution < 1.29 is 0 Å². The van der Waals surface area contributed by atoms with Gasteiger partial charge in [0.15, 0.2) is 0 Å². The van der Waals surface area contributed by atoms with Crippen molar-refractivity contribution in [2.45, 2.75) is 13.5 Å². The highest BCUT2D eigenvalue weighted by molar-refractivity contribution is 9.10. The van der Waals surface area contributed by atoms with Gasteiger partial charge < -0.3 is 5.32 Å². The van der Waals surface area contributed by atoms with Gasteiger partial charge in [0.25, 0.3) is 0 Å². The maximum atomic E-state index is 5.27. The first kappa shape index (κ1) is 12.8. The molecule has 2 aromatic heterocycles. The fraction of sp³-hybridized carbons (Fsp3) is 0.300. The van der Waals surface area contributed by atoms with Gasteiger partial charge in [-0.1, -0.05) is 0 Å². The summed E-state index contributed by atoms with van der Waals surface area (Å²) in [5.41, 5.74) is 4.64. The maximum Gasteiger partial charge on any atom is 0.239 e. The molecule has 2 aromatic rings.